The van der Waals surface area contributed by atoms with Gasteiger partial charge >= 0.3 is 0 Å². The van der Waals surface area contributed by atoms with Crippen LogP contribution in [0.5, 0.6) is 0 Å². The van der Waals surface area contributed by atoms with Gasteiger partial charge in [0.15, 0.2) is 0 Å². The molecule has 2 aromatic carbocycles. The van der Waals surface area contributed by atoms with Gasteiger partial charge in [-0.2, -0.15) is 0 Å². The average molecular weight is 323 g/mol. The molecule has 0 saturated heterocycles. The second-order valence-corrected chi connectivity index (χ2v) is 5.37. The van der Waals surface area contributed by atoms with E-state index in [0.717, 1.165) is 21.4 Å². The van der Waals surface area contributed by atoms with Gasteiger partial charge in [-0.1, -0.05) is 28.1 Å². The van der Waals surface area contributed by atoms with Gasteiger partial charge in [0.1, 0.15) is 5.82 Å². The smallest absolute Gasteiger partial charge is 0.126 e. The number of aryl methyl sites for hydroxylation is 1. The summed E-state index contributed by atoms with van der Waals surface area (Å²) in [5.74, 6) is -0.178. The van der Waals surface area contributed by atoms with Crippen LogP contribution in [0.2, 0.25) is 0 Å². The van der Waals surface area contributed by atoms with Crippen molar-refractivity contribution in [3.05, 3.63) is 57.8 Å². The molecule has 2 rings (SSSR count). The van der Waals surface area contributed by atoms with E-state index in [0.29, 0.717) is 18.5 Å². The molecule has 0 fully saturated rings. The summed E-state index contributed by atoms with van der Waals surface area (Å²) in [4.78, 5) is 0. The zero-order valence-electron chi connectivity index (χ0n) is 10.7. The summed E-state index contributed by atoms with van der Waals surface area (Å²) < 4.78 is 14.5. The van der Waals surface area contributed by atoms with Gasteiger partial charge in [0, 0.05) is 11.0 Å². The van der Waals surface area contributed by atoms with Gasteiger partial charge in [-0.25, -0.2) is 4.39 Å². The summed E-state index contributed by atoms with van der Waals surface area (Å²) in [6.45, 7) is 2.64. The van der Waals surface area contributed by atoms with E-state index in [-0.39, 0.29) is 5.82 Å². The molecule has 0 radical (unpaired) electrons. The Morgan fingerprint density at radius 3 is 2.79 bits per heavy atom. The van der Waals surface area contributed by atoms with Gasteiger partial charge in [-0.05, 0) is 48.7 Å². The van der Waals surface area contributed by atoms with Crippen molar-refractivity contribution >= 4 is 27.3 Å². The lowest BCUT2D eigenvalue weighted by atomic mass is 10.1. The van der Waals surface area contributed by atoms with E-state index < -0.39 is 0 Å². The fourth-order valence-electron chi connectivity index (χ4n) is 1.99. The molecule has 2 nitrogen and oxygen atoms in total. The van der Waals surface area contributed by atoms with Crippen LogP contribution in [0.1, 0.15) is 11.1 Å². The largest absolute Gasteiger partial charge is 0.397 e. The van der Waals surface area contributed by atoms with Crippen LogP contribution in [0.3, 0.4) is 0 Å². The first-order chi connectivity index (χ1) is 9.08. The molecule has 100 valence electrons. The molecule has 0 saturated carbocycles. The Balaban J connectivity index is 2.02. The summed E-state index contributed by atoms with van der Waals surface area (Å²) in [5.41, 5.74) is 9.34. The molecule has 0 amide bonds. The molecule has 0 atom stereocenters. The first-order valence-electron chi connectivity index (χ1n) is 6.11. The summed E-state index contributed by atoms with van der Waals surface area (Å²) >= 11 is 3.35. The minimum Gasteiger partial charge on any atom is -0.397 e. The van der Waals surface area contributed by atoms with Crippen molar-refractivity contribution in [2.45, 2.75) is 13.3 Å². The fourth-order valence-corrected chi connectivity index (χ4v) is 2.40. The number of rotatable bonds is 4. The Hall–Kier alpha value is -1.55. The number of nitrogen functional groups attached to an aromatic ring is 1. The molecule has 0 aliphatic rings. The monoisotopic (exact) mass is 322 g/mol. The highest BCUT2D eigenvalue weighted by Gasteiger charge is 2.05. The number of anilines is 2. The Morgan fingerprint density at radius 1 is 1.26 bits per heavy atom. The summed E-state index contributed by atoms with van der Waals surface area (Å²) in [5, 5.41) is 3.27. The lowest BCUT2D eigenvalue weighted by Gasteiger charge is -2.12. The molecule has 0 spiro atoms. The molecule has 19 heavy (non-hydrogen) atoms. The van der Waals surface area contributed by atoms with Crippen molar-refractivity contribution < 1.29 is 4.39 Å². The molecule has 4 heteroatoms. The molecule has 0 aromatic heterocycles. The lowest BCUT2D eigenvalue weighted by Crippen LogP contribution is -2.09. The highest BCUT2D eigenvalue weighted by molar-refractivity contribution is 9.10. The molecule has 2 aromatic rings. The van der Waals surface area contributed by atoms with Crippen LogP contribution < -0.4 is 11.1 Å². The number of hydrogen-bond donors (Lipinski definition) is 2. The number of benzene rings is 2. The van der Waals surface area contributed by atoms with Gasteiger partial charge in [0.2, 0.25) is 0 Å². The topological polar surface area (TPSA) is 38.0 Å². The van der Waals surface area contributed by atoms with E-state index >= 15 is 0 Å². The van der Waals surface area contributed by atoms with E-state index in [4.69, 9.17) is 5.73 Å². The Morgan fingerprint density at radius 2 is 2.05 bits per heavy atom. The highest BCUT2D eigenvalue weighted by Crippen LogP contribution is 2.22. The molecule has 0 aliphatic carbocycles. The van der Waals surface area contributed by atoms with E-state index in [9.17, 15) is 4.39 Å². The molecular weight excluding hydrogens is 307 g/mol. The molecule has 0 unspecified atom stereocenters. The predicted octanol–water partition coefficient (Wildman–Crippen LogP) is 4.13. The molecule has 3 N–H and O–H groups in total. The zero-order valence-corrected chi connectivity index (χ0v) is 12.3. The number of para-hydroxylation sites is 1. The third-order valence-corrected chi connectivity index (χ3v) is 3.50. The van der Waals surface area contributed by atoms with Crippen molar-refractivity contribution in [2.24, 2.45) is 0 Å². The summed E-state index contributed by atoms with van der Waals surface area (Å²) in [6.07, 6.45) is 0.610. The quantitative estimate of drug-likeness (QED) is 0.830. The maximum absolute atomic E-state index is 13.6. The van der Waals surface area contributed by atoms with Crippen molar-refractivity contribution in [1.82, 2.24) is 0 Å². The van der Waals surface area contributed by atoms with Gasteiger partial charge < -0.3 is 11.1 Å². The number of nitrogens with one attached hydrogen (secondary N) is 1. The Labute approximate surface area is 121 Å². The van der Waals surface area contributed by atoms with Crippen LogP contribution >= 0.6 is 15.9 Å². The lowest BCUT2D eigenvalue weighted by molar-refractivity contribution is 0.610. The standard InChI is InChI=1S/C15H16BrFN2/c1-10-3-2-4-14(18)15(10)19-8-7-11-9-12(16)5-6-13(11)17/h2-6,9,19H,7-8,18H2,1H3. The Kier molecular flexibility index (Phi) is 4.43. The minimum atomic E-state index is -0.178. The molecule has 0 aliphatic heterocycles. The second-order valence-electron chi connectivity index (χ2n) is 4.45. The second kappa shape index (κ2) is 6.06. The van der Waals surface area contributed by atoms with Crippen LogP contribution in [0.25, 0.3) is 0 Å². The maximum atomic E-state index is 13.6. The van der Waals surface area contributed by atoms with E-state index in [2.05, 4.69) is 21.2 Å². The predicted molar refractivity (Wildman–Crippen MR) is 81.9 cm³/mol. The fraction of sp³-hybridized carbons (Fsp3) is 0.200. The first kappa shape index (κ1) is 13.9. The van der Waals surface area contributed by atoms with Crippen LogP contribution in [-0.4, -0.2) is 6.54 Å². The normalized spacial score (nSPS) is 10.5. The number of nitrogens with two attached hydrogens (primary N) is 1. The van der Waals surface area contributed by atoms with E-state index in [1.807, 2.05) is 25.1 Å². The third kappa shape index (κ3) is 3.47. The van der Waals surface area contributed by atoms with Crippen LogP contribution in [0.15, 0.2) is 40.9 Å². The number of hydrogen-bond acceptors (Lipinski definition) is 2. The number of halogens is 2. The van der Waals surface area contributed by atoms with Crippen molar-refractivity contribution in [3.8, 4) is 0 Å². The van der Waals surface area contributed by atoms with E-state index in [1.54, 1.807) is 12.1 Å². The van der Waals surface area contributed by atoms with Crippen molar-refractivity contribution in [3.63, 3.8) is 0 Å². The van der Waals surface area contributed by atoms with Crippen LogP contribution in [0.4, 0.5) is 15.8 Å². The van der Waals surface area contributed by atoms with Gasteiger partial charge in [0.05, 0.1) is 11.4 Å². The summed E-state index contributed by atoms with van der Waals surface area (Å²) in [7, 11) is 0. The molecule has 0 heterocycles. The zero-order chi connectivity index (χ0) is 13.8. The Bertz CT molecular complexity index is 564. The molecule has 0 bridgehead atoms. The van der Waals surface area contributed by atoms with Gasteiger partial charge in [-0.3, -0.25) is 0 Å². The third-order valence-electron chi connectivity index (χ3n) is 3.01. The molecular formula is C15H16BrFN2. The van der Waals surface area contributed by atoms with Crippen molar-refractivity contribution in [1.29, 1.82) is 0 Å². The SMILES string of the molecule is Cc1cccc(N)c1NCCc1cc(Br)ccc1F. The van der Waals surface area contributed by atoms with Gasteiger partial charge in [0.25, 0.3) is 0 Å². The van der Waals surface area contributed by atoms with Crippen LogP contribution in [0, 0.1) is 12.7 Å². The first-order valence-corrected chi connectivity index (χ1v) is 6.90. The van der Waals surface area contributed by atoms with Crippen LogP contribution in [-0.2, 0) is 6.42 Å². The average Bonchev–Trinajstić information content (AvgIpc) is 2.37. The summed E-state index contributed by atoms with van der Waals surface area (Å²) in [6, 6.07) is 10.8. The maximum Gasteiger partial charge on any atom is 0.126 e. The van der Waals surface area contributed by atoms with Crippen molar-refractivity contribution in [2.75, 3.05) is 17.6 Å². The minimum absolute atomic E-state index is 0.178. The van der Waals surface area contributed by atoms with E-state index in [1.165, 1.54) is 6.07 Å². The highest BCUT2D eigenvalue weighted by atomic mass is 79.9. The van der Waals surface area contributed by atoms with Gasteiger partial charge in [-0.15, -0.1) is 0 Å².